The zero-order valence-corrected chi connectivity index (χ0v) is 18.2. The highest BCUT2D eigenvalue weighted by Crippen LogP contribution is 2.49. The molecule has 29 heavy (non-hydrogen) atoms. The molecule has 1 amide bonds. The fourth-order valence-electron chi connectivity index (χ4n) is 4.21. The number of nitrogens with zero attached hydrogens (tertiary/aromatic N) is 1. The summed E-state index contributed by atoms with van der Waals surface area (Å²) < 4.78 is 0. The number of hydrogen-bond acceptors (Lipinski definition) is 4. The highest BCUT2D eigenvalue weighted by molar-refractivity contribution is 7.79. The number of rotatable bonds is 7. The molecule has 3 N–H and O–H groups in total. The molecule has 1 unspecified atom stereocenters. The molecule has 0 radical (unpaired) electrons. The van der Waals surface area contributed by atoms with E-state index in [1.807, 2.05) is 18.2 Å². The van der Waals surface area contributed by atoms with Gasteiger partial charge in [0.15, 0.2) is 0 Å². The van der Waals surface area contributed by atoms with Crippen molar-refractivity contribution in [2.24, 2.45) is 5.73 Å². The third-order valence-corrected chi connectivity index (χ3v) is 6.05. The summed E-state index contributed by atoms with van der Waals surface area (Å²) in [6, 6.07) is 18.6. The lowest BCUT2D eigenvalue weighted by molar-refractivity contribution is -0.124. The van der Waals surface area contributed by atoms with E-state index >= 15 is 0 Å². The standard InChI is InChI=1S/C23H29N3O.CH4S/c24-16-18-7-6-10-20(15-18)23(11-12-23)22(27)25-21(17-26-13-4-5-14-26)19-8-2-1-3-9-19;1-2/h1-3,6-10,15,21H,4-5,11-14,16-17,24H2,(H,25,27);2H,1H3. The lowest BCUT2D eigenvalue weighted by Gasteiger charge is -2.27. The van der Waals surface area contributed by atoms with Crippen molar-refractivity contribution in [1.29, 1.82) is 0 Å². The molecule has 1 saturated heterocycles. The predicted molar refractivity (Wildman–Crippen MR) is 123 cm³/mol. The van der Waals surface area contributed by atoms with Gasteiger partial charge in [-0.15, -0.1) is 0 Å². The SMILES string of the molecule is CS.NCc1cccc(C2(C(=O)NC(CN3CCCC3)c3ccccc3)CC2)c1. The van der Waals surface area contributed by atoms with Crippen LogP contribution in [0, 0.1) is 0 Å². The van der Waals surface area contributed by atoms with Crippen molar-refractivity contribution in [3.05, 3.63) is 71.3 Å². The van der Waals surface area contributed by atoms with E-state index in [1.54, 1.807) is 6.26 Å². The molecule has 0 bridgehead atoms. The summed E-state index contributed by atoms with van der Waals surface area (Å²) in [5.41, 5.74) is 8.81. The highest BCUT2D eigenvalue weighted by atomic mass is 32.1. The predicted octanol–water partition coefficient (Wildman–Crippen LogP) is 3.68. The fourth-order valence-corrected chi connectivity index (χ4v) is 4.21. The zero-order chi connectivity index (χ0) is 20.7. The van der Waals surface area contributed by atoms with Crippen molar-refractivity contribution in [3.8, 4) is 0 Å². The Kier molecular flexibility index (Phi) is 7.76. The van der Waals surface area contributed by atoms with Crippen molar-refractivity contribution in [2.75, 3.05) is 25.9 Å². The van der Waals surface area contributed by atoms with Crippen LogP contribution in [-0.4, -0.2) is 36.7 Å². The molecule has 2 aromatic carbocycles. The number of hydrogen-bond donors (Lipinski definition) is 3. The molecule has 4 nitrogen and oxygen atoms in total. The van der Waals surface area contributed by atoms with Crippen LogP contribution in [0.1, 0.15) is 48.4 Å². The van der Waals surface area contributed by atoms with E-state index in [0.717, 1.165) is 43.6 Å². The van der Waals surface area contributed by atoms with Gasteiger partial charge in [0.05, 0.1) is 11.5 Å². The molecule has 1 aliphatic heterocycles. The van der Waals surface area contributed by atoms with Gasteiger partial charge in [0, 0.05) is 13.1 Å². The lowest BCUT2D eigenvalue weighted by atomic mass is 9.92. The molecule has 5 heteroatoms. The molecular formula is C24H33N3OS. The Labute approximate surface area is 180 Å². The number of carbonyl (C=O) groups is 1. The van der Waals surface area contributed by atoms with Gasteiger partial charge >= 0.3 is 0 Å². The molecule has 4 rings (SSSR count). The monoisotopic (exact) mass is 411 g/mol. The molecule has 0 aromatic heterocycles. The maximum absolute atomic E-state index is 13.3. The summed E-state index contributed by atoms with van der Waals surface area (Å²) in [5.74, 6) is 0.157. The minimum atomic E-state index is -0.372. The first-order chi connectivity index (χ1) is 14.2. The maximum Gasteiger partial charge on any atom is 0.231 e. The summed E-state index contributed by atoms with van der Waals surface area (Å²) >= 11 is 3.53. The highest BCUT2D eigenvalue weighted by Gasteiger charge is 2.51. The second kappa shape index (κ2) is 10.3. The van der Waals surface area contributed by atoms with E-state index in [2.05, 4.69) is 59.2 Å². The minimum Gasteiger partial charge on any atom is -0.347 e. The second-order valence-corrected chi connectivity index (χ2v) is 7.93. The van der Waals surface area contributed by atoms with E-state index in [0.29, 0.717) is 6.54 Å². The molecule has 156 valence electrons. The Morgan fingerprint density at radius 1 is 1.10 bits per heavy atom. The van der Waals surface area contributed by atoms with Gasteiger partial charge in [0.1, 0.15) is 0 Å². The second-order valence-electron chi connectivity index (χ2n) is 7.93. The summed E-state index contributed by atoms with van der Waals surface area (Å²) in [4.78, 5) is 15.8. The van der Waals surface area contributed by atoms with Crippen LogP contribution in [0.25, 0.3) is 0 Å². The molecule has 1 saturated carbocycles. The van der Waals surface area contributed by atoms with E-state index in [-0.39, 0.29) is 17.4 Å². The van der Waals surface area contributed by atoms with Crippen LogP contribution in [0.4, 0.5) is 0 Å². The number of carbonyl (C=O) groups excluding carboxylic acids is 1. The van der Waals surface area contributed by atoms with Gasteiger partial charge in [-0.05, 0) is 61.7 Å². The van der Waals surface area contributed by atoms with Crippen LogP contribution < -0.4 is 11.1 Å². The minimum absolute atomic E-state index is 0.0342. The summed E-state index contributed by atoms with van der Waals surface area (Å²) in [5, 5.41) is 3.39. The number of thiol groups is 1. The molecule has 2 fully saturated rings. The average molecular weight is 412 g/mol. The van der Waals surface area contributed by atoms with E-state index in [1.165, 1.54) is 18.4 Å². The molecule has 1 aliphatic carbocycles. The van der Waals surface area contributed by atoms with Crippen LogP contribution in [0.5, 0.6) is 0 Å². The van der Waals surface area contributed by atoms with Crippen molar-refractivity contribution in [1.82, 2.24) is 10.2 Å². The molecular weight excluding hydrogens is 378 g/mol. The van der Waals surface area contributed by atoms with Crippen LogP contribution in [0.15, 0.2) is 54.6 Å². The fraction of sp³-hybridized carbons (Fsp3) is 0.458. The van der Waals surface area contributed by atoms with Crippen LogP contribution in [0.3, 0.4) is 0 Å². The van der Waals surface area contributed by atoms with E-state index in [9.17, 15) is 4.79 Å². The largest absolute Gasteiger partial charge is 0.347 e. The first kappa shape index (κ1) is 21.9. The van der Waals surface area contributed by atoms with Crippen LogP contribution in [0.2, 0.25) is 0 Å². The third-order valence-electron chi connectivity index (χ3n) is 6.05. The van der Waals surface area contributed by atoms with Crippen LogP contribution in [-0.2, 0) is 16.8 Å². The first-order valence-corrected chi connectivity index (χ1v) is 11.4. The molecule has 2 aromatic rings. The summed E-state index contributed by atoms with van der Waals surface area (Å²) in [7, 11) is 0. The Bertz CT molecular complexity index is 786. The van der Waals surface area contributed by atoms with Crippen molar-refractivity contribution >= 4 is 18.5 Å². The van der Waals surface area contributed by atoms with Gasteiger partial charge in [-0.25, -0.2) is 0 Å². The first-order valence-electron chi connectivity index (χ1n) is 10.5. The quantitative estimate of drug-likeness (QED) is 0.609. The van der Waals surface area contributed by atoms with Crippen molar-refractivity contribution in [2.45, 2.75) is 43.7 Å². The van der Waals surface area contributed by atoms with Gasteiger partial charge < -0.3 is 16.0 Å². The van der Waals surface area contributed by atoms with Gasteiger partial charge in [-0.3, -0.25) is 4.79 Å². The van der Waals surface area contributed by atoms with E-state index < -0.39 is 0 Å². The Hall–Kier alpha value is -1.82. The average Bonchev–Trinajstić information content (AvgIpc) is 3.45. The Balaban J connectivity index is 0.00000117. The molecule has 0 spiro atoms. The van der Waals surface area contributed by atoms with Gasteiger partial charge in [-0.1, -0.05) is 54.6 Å². The maximum atomic E-state index is 13.3. The summed E-state index contributed by atoms with van der Waals surface area (Å²) in [6.07, 6.45) is 6.03. The van der Waals surface area contributed by atoms with Crippen molar-refractivity contribution < 1.29 is 4.79 Å². The number of nitrogens with one attached hydrogen (secondary N) is 1. The van der Waals surface area contributed by atoms with E-state index in [4.69, 9.17) is 5.73 Å². The number of amides is 1. The van der Waals surface area contributed by atoms with Gasteiger partial charge in [-0.2, -0.15) is 12.6 Å². The zero-order valence-electron chi connectivity index (χ0n) is 17.3. The number of benzene rings is 2. The van der Waals surface area contributed by atoms with Crippen LogP contribution >= 0.6 is 12.6 Å². The smallest absolute Gasteiger partial charge is 0.231 e. The lowest BCUT2D eigenvalue weighted by Crippen LogP contribution is -2.41. The topological polar surface area (TPSA) is 58.4 Å². The van der Waals surface area contributed by atoms with Crippen molar-refractivity contribution in [3.63, 3.8) is 0 Å². The number of likely N-dealkylation sites (tertiary alicyclic amines) is 1. The third kappa shape index (κ3) is 5.21. The molecule has 2 aliphatic rings. The molecule has 1 heterocycles. The molecule has 1 atom stereocenters. The Morgan fingerprint density at radius 3 is 2.41 bits per heavy atom. The normalized spacial score (nSPS) is 18.4. The number of nitrogens with two attached hydrogens (primary N) is 1. The summed E-state index contributed by atoms with van der Waals surface area (Å²) in [6.45, 7) is 3.65. The van der Waals surface area contributed by atoms with Gasteiger partial charge in [0.25, 0.3) is 0 Å². The Morgan fingerprint density at radius 2 is 1.79 bits per heavy atom. The van der Waals surface area contributed by atoms with Gasteiger partial charge in [0.2, 0.25) is 5.91 Å².